The van der Waals surface area contributed by atoms with E-state index in [1.807, 2.05) is 0 Å². The molecule has 5 heteroatoms. The third kappa shape index (κ3) is 2.73. The van der Waals surface area contributed by atoms with E-state index in [-0.39, 0.29) is 0 Å². The highest BCUT2D eigenvalue weighted by Gasteiger charge is 2.09. The van der Waals surface area contributed by atoms with Crippen molar-refractivity contribution in [3.8, 4) is 0 Å². The van der Waals surface area contributed by atoms with Gasteiger partial charge in [-0.2, -0.15) is 4.80 Å². The molecule has 0 bridgehead atoms. The summed E-state index contributed by atoms with van der Waals surface area (Å²) in [4.78, 5) is 1.55. The number of hydrogen-bond donors (Lipinski definition) is 1. The zero-order valence-corrected chi connectivity index (χ0v) is 11.1. The average Bonchev–Trinajstić information content (AvgIpc) is 2.72. The van der Waals surface area contributed by atoms with Gasteiger partial charge >= 0.3 is 0 Å². The molecule has 0 unspecified atom stereocenters. The normalized spacial score (nSPS) is 10.9. The van der Waals surface area contributed by atoms with Crippen molar-refractivity contribution in [3.05, 3.63) is 40.2 Å². The smallest absolute Gasteiger partial charge is 0.179 e. The van der Waals surface area contributed by atoms with Crippen molar-refractivity contribution in [3.63, 3.8) is 0 Å². The van der Waals surface area contributed by atoms with Crippen LogP contribution in [0.4, 0.5) is 0 Å². The van der Waals surface area contributed by atoms with Crippen molar-refractivity contribution in [2.45, 2.75) is 33.7 Å². The van der Waals surface area contributed by atoms with Crippen LogP contribution in [0.3, 0.4) is 0 Å². The molecule has 0 saturated carbocycles. The van der Waals surface area contributed by atoms with Gasteiger partial charge in [-0.1, -0.05) is 17.7 Å². The van der Waals surface area contributed by atoms with E-state index >= 15 is 0 Å². The van der Waals surface area contributed by atoms with Crippen molar-refractivity contribution >= 4 is 0 Å². The third-order valence-corrected chi connectivity index (χ3v) is 3.00. The summed E-state index contributed by atoms with van der Waals surface area (Å²) >= 11 is 0. The van der Waals surface area contributed by atoms with Gasteiger partial charge in [0.15, 0.2) is 5.82 Å². The number of hydrogen-bond acceptors (Lipinski definition) is 4. The lowest BCUT2D eigenvalue weighted by molar-refractivity contribution is 0.529. The van der Waals surface area contributed by atoms with Gasteiger partial charge in [0.2, 0.25) is 0 Å². The molecule has 0 aliphatic rings. The topological polar surface area (TPSA) is 69.6 Å². The maximum Gasteiger partial charge on any atom is 0.179 e. The van der Waals surface area contributed by atoms with E-state index in [1.165, 1.54) is 22.3 Å². The van der Waals surface area contributed by atoms with Gasteiger partial charge in [-0.15, -0.1) is 10.2 Å². The number of aryl methyl sites for hydroxylation is 3. The zero-order chi connectivity index (χ0) is 13.1. The highest BCUT2D eigenvalue weighted by atomic mass is 15.6. The molecule has 0 amide bonds. The lowest BCUT2D eigenvalue weighted by Crippen LogP contribution is -2.12. The molecular formula is C13H19N5. The van der Waals surface area contributed by atoms with Crippen LogP contribution < -0.4 is 5.73 Å². The maximum atomic E-state index is 5.46. The van der Waals surface area contributed by atoms with Crippen molar-refractivity contribution in [2.24, 2.45) is 5.73 Å². The van der Waals surface area contributed by atoms with E-state index in [9.17, 15) is 0 Å². The Hall–Kier alpha value is -1.75. The molecule has 5 nitrogen and oxygen atoms in total. The summed E-state index contributed by atoms with van der Waals surface area (Å²) in [6.45, 7) is 7.50. The number of benzene rings is 1. The fraction of sp³-hybridized carbons (Fsp3) is 0.462. The van der Waals surface area contributed by atoms with E-state index < -0.39 is 0 Å². The monoisotopic (exact) mass is 245 g/mol. The minimum atomic E-state index is 0.526. The van der Waals surface area contributed by atoms with Crippen molar-refractivity contribution in [1.29, 1.82) is 0 Å². The van der Waals surface area contributed by atoms with Crippen molar-refractivity contribution in [2.75, 3.05) is 6.54 Å². The van der Waals surface area contributed by atoms with Gasteiger partial charge in [-0.3, -0.25) is 0 Å². The molecule has 0 aliphatic heterocycles. The van der Waals surface area contributed by atoms with Gasteiger partial charge in [-0.05, 0) is 42.7 Å². The Labute approximate surface area is 107 Å². The molecule has 1 aromatic carbocycles. The third-order valence-electron chi connectivity index (χ3n) is 3.00. The fourth-order valence-corrected chi connectivity index (χ4v) is 2.20. The second kappa shape index (κ2) is 5.27. The first-order valence-electron chi connectivity index (χ1n) is 6.13. The Balaban J connectivity index is 2.22. The Bertz CT molecular complexity index is 521. The van der Waals surface area contributed by atoms with E-state index in [0.717, 1.165) is 12.2 Å². The lowest BCUT2D eigenvalue weighted by atomic mass is 9.97. The number of rotatable bonds is 4. The first-order valence-corrected chi connectivity index (χ1v) is 6.13. The minimum Gasteiger partial charge on any atom is -0.329 e. The summed E-state index contributed by atoms with van der Waals surface area (Å²) in [6, 6.07) is 4.37. The van der Waals surface area contributed by atoms with E-state index in [2.05, 4.69) is 48.3 Å². The SMILES string of the molecule is Cc1cc(C)c(Cc2nnn(CCN)n2)c(C)c1. The molecule has 0 aliphatic carbocycles. The fourth-order valence-electron chi connectivity index (χ4n) is 2.20. The molecule has 0 fully saturated rings. The molecule has 0 saturated heterocycles. The molecule has 2 aromatic rings. The summed E-state index contributed by atoms with van der Waals surface area (Å²) in [5.74, 6) is 0.749. The predicted molar refractivity (Wildman–Crippen MR) is 70.3 cm³/mol. The van der Waals surface area contributed by atoms with Crippen LogP contribution in [0.5, 0.6) is 0 Å². The largest absolute Gasteiger partial charge is 0.329 e. The van der Waals surface area contributed by atoms with E-state index in [1.54, 1.807) is 4.80 Å². The Kier molecular flexibility index (Phi) is 3.72. The van der Waals surface area contributed by atoms with Crippen molar-refractivity contribution < 1.29 is 0 Å². The second-order valence-corrected chi connectivity index (χ2v) is 4.64. The quantitative estimate of drug-likeness (QED) is 0.877. The highest BCUT2D eigenvalue weighted by molar-refractivity contribution is 5.38. The maximum absolute atomic E-state index is 5.46. The number of nitrogens with two attached hydrogens (primary N) is 1. The Morgan fingerprint density at radius 3 is 2.44 bits per heavy atom. The Morgan fingerprint density at radius 2 is 1.83 bits per heavy atom. The van der Waals surface area contributed by atoms with Gasteiger partial charge in [0.1, 0.15) is 0 Å². The zero-order valence-electron chi connectivity index (χ0n) is 11.1. The molecule has 2 rings (SSSR count). The van der Waals surface area contributed by atoms with Gasteiger partial charge < -0.3 is 5.73 Å². The van der Waals surface area contributed by atoms with E-state index in [4.69, 9.17) is 5.73 Å². The minimum absolute atomic E-state index is 0.526. The molecular weight excluding hydrogens is 226 g/mol. The Morgan fingerprint density at radius 1 is 1.17 bits per heavy atom. The van der Waals surface area contributed by atoms with Gasteiger partial charge in [0.05, 0.1) is 6.54 Å². The molecule has 0 atom stereocenters. The van der Waals surface area contributed by atoms with Crippen molar-refractivity contribution in [1.82, 2.24) is 20.2 Å². The van der Waals surface area contributed by atoms with Crippen LogP contribution in [0, 0.1) is 20.8 Å². The molecule has 0 spiro atoms. The van der Waals surface area contributed by atoms with Crippen LogP contribution in [-0.2, 0) is 13.0 Å². The summed E-state index contributed by atoms with van der Waals surface area (Å²) in [7, 11) is 0. The summed E-state index contributed by atoms with van der Waals surface area (Å²) in [6.07, 6.45) is 0.725. The molecule has 1 aromatic heterocycles. The number of tetrazole rings is 1. The van der Waals surface area contributed by atoms with Crippen LogP contribution in [-0.4, -0.2) is 26.8 Å². The molecule has 18 heavy (non-hydrogen) atoms. The van der Waals surface area contributed by atoms with E-state index in [0.29, 0.717) is 13.1 Å². The first kappa shape index (κ1) is 12.7. The lowest BCUT2D eigenvalue weighted by Gasteiger charge is -2.09. The van der Waals surface area contributed by atoms with Gasteiger partial charge in [0, 0.05) is 13.0 Å². The summed E-state index contributed by atoms with van der Waals surface area (Å²) < 4.78 is 0. The number of aromatic nitrogens is 4. The van der Waals surface area contributed by atoms with Gasteiger partial charge in [-0.25, -0.2) is 0 Å². The molecule has 2 N–H and O–H groups in total. The molecule has 0 radical (unpaired) electrons. The van der Waals surface area contributed by atoms with Crippen LogP contribution >= 0.6 is 0 Å². The summed E-state index contributed by atoms with van der Waals surface area (Å²) in [5.41, 5.74) is 10.6. The molecule has 96 valence electrons. The average molecular weight is 245 g/mol. The number of nitrogens with zero attached hydrogens (tertiary/aromatic N) is 4. The standard InChI is InChI=1S/C13H19N5/c1-9-6-10(2)12(11(3)7-9)8-13-15-17-18(16-13)5-4-14/h6-7H,4-5,8,14H2,1-3H3. The van der Waals surface area contributed by atoms with Gasteiger partial charge in [0.25, 0.3) is 0 Å². The van der Waals surface area contributed by atoms with Crippen LogP contribution in [0.1, 0.15) is 28.1 Å². The van der Waals surface area contributed by atoms with Crippen LogP contribution in [0.2, 0.25) is 0 Å². The van der Waals surface area contributed by atoms with Crippen LogP contribution in [0.25, 0.3) is 0 Å². The molecule has 1 heterocycles. The van der Waals surface area contributed by atoms with Crippen LogP contribution in [0.15, 0.2) is 12.1 Å². The summed E-state index contributed by atoms with van der Waals surface area (Å²) in [5, 5.41) is 12.3. The highest BCUT2D eigenvalue weighted by Crippen LogP contribution is 2.18. The predicted octanol–water partition coefficient (Wildman–Crippen LogP) is 1.15. The second-order valence-electron chi connectivity index (χ2n) is 4.64. The first-order chi connectivity index (χ1) is 8.60.